The molecule has 1 N–H and O–H groups in total. The van der Waals surface area contributed by atoms with Crippen molar-refractivity contribution in [1.82, 2.24) is 10.3 Å². The van der Waals surface area contributed by atoms with Crippen LogP contribution in [-0.2, 0) is 17.8 Å². The van der Waals surface area contributed by atoms with E-state index >= 15 is 0 Å². The van der Waals surface area contributed by atoms with E-state index in [1.807, 2.05) is 31.1 Å². The fourth-order valence-electron chi connectivity index (χ4n) is 2.04. The minimum atomic E-state index is -4.73. The van der Waals surface area contributed by atoms with Gasteiger partial charge in [-0.15, -0.1) is 13.2 Å². The molecule has 0 fully saturated rings. The number of amides is 1. The second kappa shape index (κ2) is 7.87. The molecule has 0 atom stereocenters. The Morgan fingerprint density at radius 2 is 1.76 bits per heavy atom. The van der Waals surface area contributed by atoms with Crippen LogP contribution in [0.2, 0.25) is 0 Å². The second-order valence-corrected chi connectivity index (χ2v) is 5.56. The predicted octanol–water partition coefficient (Wildman–Crippen LogP) is 2.91. The number of aromatic nitrogens is 1. The van der Waals surface area contributed by atoms with E-state index in [2.05, 4.69) is 15.0 Å². The van der Waals surface area contributed by atoms with Gasteiger partial charge in [0.2, 0.25) is 5.91 Å². The van der Waals surface area contributed by atoms with Crippen LogP contribution < -0.4 is 15.0 Å². The average molecular weight is 353 g/mol. The van der Waals surface area contributed by atoms with Crippen LogP contribution in [0.15, 0.2) is 42.6 Å². The van der Waals surface area contributed by atoms with Gasteiger partial charge in [-0.3, -0.25) is 4.79 Å². The van der Waals surface area contributed by atoms with Crippen molar-refractivity contribution in [3.8, 4) is 5.75 Å². The first-order valence-electron chi connectivity index (χ1n) is 7.46. The van der Waals surface area contributed by atoms with Crippen molar-refractivity contribution < 1.29 is 22.7 Å². The molecule has 0 spiro atoms. The van der Waals surface area contributed by atoms with Gasteiger partial charge in [-0.2, -0.15) is 0 Å². The van der Waals surface area contributed by atoms with Crippen LogP contribution in [0.4, 0.5) is 19.0 Å². The van der Waals surface area contributed by atoms with Crippen LogP contribution in [0.25, 0.3) is 0 Å². The van der Waals surface area contributed by atoms with E-state index in [0.29, 0.717) is 12.1 Å². The molecule has 5 nitrogen and oxygen atoms in total. The summed E-state index contributed by atoms with van der Waals surface area (Å²) < 4.78 is 40.0. The number of nitrogens with one attached hydrogen (secondary N) is 1. The Morgan fingerprint density at radius 1 is 1.12 bits per heavy atom. The Hall–Kier alpha value is -2.77. The van der Waals surface area contributed by atoms with Crippen LogP contribution in [0.3, 0.4) is 0 Å². The fraction of sp³-hybridized carbons (Fsp3) is 0.294. The van der Waals surface area contributed by atoms with Gasteiger partial charge in [0.15, 0.2) is 0 Å². The first-order chi connectivity index (χ1) is 11.7. The maximum atomic E-state index is 12.1. The molecule has 0 aliphatic rings. The molecule has 0 saturated carbocycles. The van der Waals surface area contributed by atoms with Crippen molar-refractivity contribution in [2.24, 2.45) is 0 Å². The third kappa shape index (κ3) is 6.33. The van der Waals surface area contributed by atoms with Gasteiger partial charge in [-0.25, -0.2) is 4.98 Å². The Morgan fingerprint density at radius 3 is 2.28 bits per heavy atom. The quantitative estimate of drug-likeness (QED) is 0.868. The van der Waals surface area contributed by atoms with E-state index in [0.717, 1.165) is 11.4 Å². The number of alkyl halides is 3. The topological polar surface area (TPSA) is 54.5 Å². The van der Waals surface area contributed by atoms with E-state index in [4.69, 9.17) is 0 Å². The van der Waals surface area contributed by atoms with Gasteiger partial charge in [-0.1, -0.05) is 18.2 Å². The van der Waals surface area contributed by atoms with Gasteiger partial charge in [0.05, 0.1) is 6.42 Å². The molecule has 1 heterocycles. The number of rotatable bonds is 6. The molecule has 0 aliphatic heterocycles. The van der Waals surface area contributed by atoms with Gasteiger partial charge < -0.3 is 15.0 Å². The summed E-state index contributed by atoms with van der Waals surface area (Å²) >= 11 is 0. The van der Waals surface area contributed by atoms with E-state index in [-0.39, 0.29) is 18.1 Å². The Kier molecular flexibility index (Phi) is 5.84. The lowest BCUT2D eigenvalue weighted by atomic mass is 10.1. The Labute approximate surface area is 143 Å². The van der Waals surface area contributed by atoms with E-state index < -0.39 is 6.36 Å². The average Bonchev–Trinajstić information content (AvgIpc) is 2.54. The smallest absolute Gasteiger partial charge is 0.406 e. The normalized spacial score (nSPS) is 11.1. The number of benzene rings is 1. The summed E-state index contributed by atoms with van der Waals surface area (Å²) in [6.07, 6.45) is -2.98. The number of carbonyl (C=O) groups is 1. The highest BCUT2D eigenvalue weighted by atomic mass is 19.4. The van der Waals surface area contributed by atoms with Crippen LogP contribution in [-0.4, -0.2) is 31.3 Å². The SMILES string of the molecule is CN(C)c1ccc(CNC(=O)Cc2ccc(OC(F)(F)F)cc2)cn1. The number of pyridine rings is 1. The Bertz CT molecular complexity index is 699. The summed E-state index contributed by atoms with van der Waals surface area (Å²) in [7, 11) is 3.77. The van der Waals surface area contributed by atoms with E-state index in [1.165, 1.54) is 24.3 Å². The number of nitrogens with zero attached hydrogens (tertiary/aromatic N) is 2. The van der Waals surface area contributed by atoms with Crippen molar-refractivity contribution in [3.63, 3.8) is 0 Å². The van der Waals surface area contributed by atoms with Crippen LogP contribution in [0.5, 0.6) is 5.75 Å². The summed E-state index contributed by atoms with van der Waals surface area (Å²) in [6, 6.07) is 8.93. The predicted molar refractivity (Wildman–Crippen MR) is 87.2 cm³/mol. The highest BCUT2D eigenvalue weighted by Gasteiger charge is 2.30. The first kappa shape index (κ1) is 18.6. The maximum Gasteiger partial charge on any atom is 0.573 e. The molecule has 0 unspecified atom stereocenters. The monoisotopic (exact) mass is 353 g/mol. The van der Waals surface area contributed by atoms with E-state index in [1.54, 1.807) is 6.20 Å². The van der Waals surface area contributed by atoms with Gasteiger partial charge in [0.25, 0.3) is 0 Å². The lowest BCUT2D eigenvalue weighted by molar-refractivity contribution is -0.274. The zero-order chi connectivity index (χ0) is 18.4. The maximum absolute atomic E-state index is 12.1. The van der Waals surface area contributed by atoms with Crippen LogP contribution in [0.1, 0.15) is 11.1 Å². The summed E-state index contributed by atoms with van der Waals surface area (Å²) in [4.78, 5) is 18.0. The molecule has 1 aromatic carbocycles. The molecule has 1 aromatic heterocycles. The first-order valence-corrected chi connectivity index (χ1v) is 7.46. The zero-order valence-corrected chi connectivity index (χ0v) is 13.8. The molecule has 0 bridgehead atoms. The minimum absolute atomic E-state index is 0.0650. The van der Waals surface area contributed by atoms with Gasteiger partial charge in [-0.05, 0) is 29.3 Å². The number of carbonyl (C=O) groups excluding carboxylic acids is 1. The van der Waals surface area contributed by atoms with Gasteiger partial charge in [0.1, 0.15) is 11.6 Å². The molecule has 25 heavy (non-hydrogen) atoms. The van der Waals surface area contributed by atoms with Gasteiger partial charge in [0, 0.05) is 26.8 Å². The zero-order valence-electron chi connectivity index (χ0n) is 13.8. The summed E-state index contributed by atoms with van der Waals surface area (Å²) in [5, 5.41) is 2.75. The molecule has 0 radical (unpaired) electrons. The minimum Gasteiger partial charge on any atom is -0.406 e. The molecule has 0 saturated heterocycles. The summed E-state index contributed by atoms with van der Waals surface area (Å²) in [6.45, 7) is 0.328. The van der Waals surface area contributed by atoms with Crippen molar-refractivity contribution in [1.29, 1.82) is 0 Å². The second-order valence-electron chi connectivity index (χ2n) is 5.56. The summed E-state index contributed by atoms with van der Waals surface area (Å²) in [5.41, 5.74) is 1.45. The van der Waals surface area contributed by atoms with Crippen molar-refractivity contribution in [2.75, 3.05) is 19.0 Å². The van der Waals surface area contributed by atoms with Gasteiger partial charge >= 0.3 is 6.36 Å². The summed E-state index contributed by atoms with van der Waals surface area (Å²) in [5.74, 6) is 0.265. The largest absolute Gasteiger partial charge is 0.573 e. The van der Waals surface area contributed by atoms with Crippen LogP contribution in [0, 0.1) is 0 Å². The van der Waals surface area contributed by atoms with Crippen molar-refractivity contribution in [3.05, 3.63) is 53.7 Å². The third-order valence-corrected chi connectivity index (χ3v) is 3.28. The number of halogens is 3. The third-order valence-electron chi connectivity index (χ3n) is 3.28. The molecule has 134 valence electrons. The standard InChI is InChI=1S/C17H18F3N3O2/c1-23(2)15-8-5-13(10-21-15)11-22-16(24)9-12-3-6-14(7-4-12)25-17(18,19)20/h3-8,10H,9,11H2,1-2H3,(H,22,24). The molecular formula is C17H18F3N3O2. The van der Waals surface area contributed by atoms with E-state index in [9.17, 15) is 18.0 Å². The number of hydrogen-bond acceptors (Lipinski definition) is 4. The van der Waals surface area contributed by atoms with Crippen LogP contribution >= 0.6 is 0 Å². The molecular weight excluding hydrogens is 335 g/mol. The molecule has 1 amide bonds. The molecule has 2 aromatic rings. The highest BCUT2D eigenvalue weighted by molar-refractivity contribution is 5.78. The lowest BCUT2D eigenvalue weighted by Crippen LogP contribution is -2.24. The molecule has 0 aliphatic carbocycles. The van der Waals surface area contributed by atoms with Crippen molar-refractivity contribution >= 4 is 11.7 Å². The fourth-order valence-corrected chi connectivity index (χ4v) is 2.04. The molecule has 8 heteroatoms. The molecule has 2 rings (SSSR count). The highest BCUT2D eigenvalue weighted by Crippen LogP contribution is 2.22. The number of hydrogen-bond donors (Lipinski definition) is 1. The Balaban J connectivity index is 1.83. The lowest BCUT2D eigenvalue weighted by Gasteiger charge is -2.11. The number of anilines is 1. The number of ether oxygens (including phenoxy) is 1. The van der Waals surface area contributed by atoms with Crippen molar-refractivity contribution in [2.45, 2.75) is 19.3 Å².